The number of hydrogen-bond acceptors (Lipinski definition) is 5. The summed E-state index contributed by atoms with van der Waals surface area (Å²) in [6.45, 7) is 0. The molecule has 0 fully saturated rings. The molecule has 2 N–H and O–H groups in total. The van der Waals surface area contributed by atoms with E-state index in [-0.39, 0.29) is 22.5 Å². The number of hydrogen-bond donors (Lipinski definition) is 3. The fourth-order valence-corrected chi connectivity index (χ4v) is 2.98. The predicted molar refractivity (Wildman–Crippen MR) is 76.6 cm³/mol. The molecule has 0 saturated carbocycles. The topological polar surface area (TPSA) is 57.5 Å². The summed E-state index contributed by atoms with van der Waals surface area (Å²) in [7, 11) is 0. The highest BCUT2D eigenvalue weighted by Gasteiger charge is 2.14. The Kier molecular flexibility index (Phi) is 4.04. The minimum Gasteiger partial charge on any atom is -0.507 e. The number of rotatable bonds is 4. The van der Waals surface area contributed by atoms with Crippen LogP contribution in [0.3, 0.4) is 0 Å². The van der Waals surface area contributed by atoms with Crippen LogP contribution in [0.25, 0.3) is 10.8 Å². The lowest BCUT2D eigenvalue weighted by Crippen LogP contribution is -1.93. The molecule has 0 saturated heterocycles. The van der Waals surface area contributed by atoms with Crippen molar-refractivity contribution >= 4 is 41.4 Å². The third-order valence-electron chi connectivity index (χ3n) is 2.52. The van der Waals surface area contributed by atoms with Gasteiger partial charge in [-0.25, -0.2) is 0 Å². The van der Waals surface area contributed by atoms with E-state index in [1.54, 1.807) is 24.3 Å². The number of thioether (sulfide) groups is 1. The monoisotopic (exact) mass is 280 g/mol. The fourth-order valence-electron chi connectivity index (χ4n) is 1.68. The van der Waals surface area contributed by atoms with Crippen LogP contribution in [0.15, 0.2) is 35.2 Å². The Labute approximate surface area is 114 Å². The zero-order chi connectivity index (χ0) is 13.1. The van der Waals surface area contributed by atoms with Gasteiger partial charge in [-0.3, -0.25) is 0 Å². The number of fused-ring (bicyclic) bond motifs is 1. The largest absolute Gasteiger partial charge is 0.507 e. The van der Waals surface area contributed by atoms with Gasteiger partial charge in [0.2, 0.25) is 0 Å². The Hall–Kier alpha value is -1.33. The first-order valence-corrected chi connectivity index (χ1v) is 6.75. The first kappa shape index (κ1) is 13.1. The molecule has 5 heteroatoms. The molecule has 1 atom stereocenters. The van der Waals surface area contributed by atoms with Crippen LogP contribution in [0.1, 0.15) is 6.42 Å². The lowest BCUT2D eigenvalue weighted by Gasteiger charge is -2.12. The summed E-state index contributed by atoms with van der Waals surface area (Å²) >= 11 is 5.48. The number of aromatic hydroxyl groups is 2. The molecular weight excluding hydrogens is 268 g/mol. The van der Waals surface area contributed by atoms with Crippen LogP contribution in [0, 0.1) is 0 Å². The third kappa shape index (κ3) is 2.57. The lowest BCUT2D eigenvalue weighted by atomic mass is 10.1. The summed E-state index contributed by atoms with van der Waals surface area (Å²) in [5, 5.41) is 21.2. The molecule has 2 aromatic rings. The highest BCUT2D eigenvalue weighted by atomic mass is 32.2. The van der Waals surface area contributed by atoms with Gasteiger partial charge in [0.05, 0.1) is 9.48 Å². The van der Waals surface area contributed by atoms with Crippen LogP contribution in [0.5, 0.6) is 11.5 Å². The molecule has 0 bridgehead atoms. The molecule has 0 aliphatic rings. The number of phenolic OH excluding ortho intramolecular Hbond substituents is 2. The van der Waals surface area contributed by atoms with Crippen molar-refractivity contribution in [2.45, 2.75) is 15.9 Å². The molecule has 0 heterocycles. The molecular formula is C13H12O3S2. The first-order chi connectivity index (χ1) is 8.63. The molecule has 1 unspecified atom stereocenters. The second kappa shape index (κ2) is 5.54. The van der Waals surface area contributed by atoms with Crippen molar-refractivity contribution in [2.75, 3.05) is 0 Å². The number of carbonyl (C=O) groups excluding carboxylic acids is 1. The zero-order valence-electron chi connectivity index (χ0n) is 9.41. The van der Waals surface area contributed by atoms with E-state index < -0.39 is 0 Å². The van der Waals surface area contributed by atoms with Gasteiger partial charge in [-0.05, 0) is 6.07 Å². The average molecular weight is 280 g/mol. The zero-order valence-corrected chi connectivity index (χ0v) is 11.1. The van der Waals surface area contributed by atoms with E-state index in [0.717, 1.165) is 6.29 Å². The molecule has 0 spiro atoms. The SMILES string of the molecule is O=CCC(S)Sc1cc(O)c2ccccc2c1O. The van der Waals surface area contributed by atoms with Crippen molar-refractivity contribution in [3.8, 4) is 11.5 Å². The van der Waals surface area contributed by atoms with Gasteiger partial charge in [-0.2, -0.15) is 12.6 Å². The molecule has 0 aromatic heterocycles. The van der Waals surface area contributed by atoms with Crippen LogP contribution in [-0.4, -0.2) is 21.1 Å². The maximum Gasteiger partial charge on any atom is 0.137 e. The van der Waals surface area contributed by atoms with E-state index in [1.807, 2.05) is 0 Å². The molecule has 0 aliphatic carbocycles. The summed E-state index contributed by atoms with van der Waals surface area (Å²) in [6.07, 6.45) is 1.06. The van der Waals surface area contributed by atoms with E-state index in [9.17, 15) is 15.0 Å². The molecule has 2 rings (SSSR count). The first-order valence-electron chi connectivity index (χ1n) is 5.35. The number of phenols is 2. The summed E-state index contributed by atoms with van der Waals surface area (Å²) in [4.78, 5) is 10.9. The fraction of sp³-hybridized carbons (Fsp3) is 0.154. The Morgan fingerprint density at radius 1 is 1.28 bits per heavy atom. The van der Waals surface area contributed by atoms with Gasteiger partial charge in [-0.1, -0.05) is 24.3 Å². The van der Waals surface area contributed by atoms with Gasteiger partial charge in [-0.15, -0.1) is 11.8 Å². The van der Waals surface area contributed by atoms with E-state index in [0.29, 0.717) is 15.7 Å². The second-order valence-corrected chi connectivity index (χ2v) is 5.98. The molecule has 94 valence electrons. The molecule has 2 aromatic carbocycles. The van der Waals surface area contributed by atoms with Gasteiger partial charge >= 0.3 is 0 Å². The van der Waals surface area contributed by atoms with Crippen molar-refractivity contribution < 1.29 is 15.0 Å². The molecule has 0 amide bonds. The van der Waals surface area contributed by atoms with Crippen LogP contribution in [0.4, 0.5) is 0 Å². The Balaban J connectivity index is 2.46. The smallest absolute Gasteiger partial charge is 0.137 e. The van der Waals surface area contributed by atoms with E-state index >= 15 is 0 Å². The Morgan fingerprint density at radius 2 is 1.94 bits per heavy atom. The summed E-state index contributed by atoms with van der Waals surface area (Å²) in [5.74, 6) is 0.218. The van der Waals surface area contributed by atoms with Gasteiger partial charge in [0, 0.05) is 17.2 Å². The van der Waals surface area contributed by atoms with Crippen LogP contribution < -0.4 is 0 Å². The average Bonchev–Trinajstić information content (AvgIpc) is 2.36. The van der Waals surface area contributed by atoms with Crippen molar-refractivity contribution in [2.24, 2.45) is 0 Å². The highest BCUT2D eigenvalue weighted by Crippen LogP contribution is 2.42. The predicted octanol–water partition coefficient (Wildman–Crippen LogP) is 3.19. The minimum atomic E-state index is -0.242. The summed E-state index contributed by atoms with van der Waals surface area (Å²) < 4.78 is -0.242. The number of aldehydes is 1. The van der Waals surface area contributed by atoms with Crippen molar-refractivity contribution in [3.05, 3.63) is 30.3 Å². The molecule has 18 heavy (non-hydrogen) atoms. The Bertz CT molecular complexity index is 584. The molecule has 0 aliphatic heterocycles. The quantitative estimate of drug-likeness (QED) is 0.265. The van der Waals surface area contributed by atoms with Crippen LogP contribution in [-0.2, 0) is 4.79 Å². The molecule has 3 nitrogen and oxygen atoms in total. The van der Waals surface area contributed by atoms with Crippen molar-refractivity contribution in [3.63, 3.8) is 0 Å². The number of carbonyl (C=O) groups is 1. The maximum absolute atomic E-state index is 10.4. The molecule has 0 radical (unpaired) electrons. The number of benzene rings is 2. The van der Waals surface area contributed by atoms with Crippen molar-refractivity contribution in [1.29, 1.82) is 0 Å². The normalized spacial score (nSPS) is 12.5. The van der Waals surface area contributed by atoms with E-state index in [4.69, 9.17) is 0 Å². The lowest BCUT2D eigenvalue weighted by molar-refractivity contribution is -0.107. The van der Waals surface area contributed by atoms with Gasteiger partial charge < -0.3 is 15.0 Å². The third-order valence-corrected chi connectivity index (χ3v) is 4.08. The van der Waals surface area contributed by atoms with Crippen molar-refractivity contribution in [1.82, 2.24) is 0 Å². The minimum absolute atomic E-state index is 0.109. The van der Waals surface area contributed by atoms with Gasteiger partial charge in [0.1, 0.15) is 17.8 Å². The second-order valence-electron chi connectivity index (χ2n) is 3.76. The summed E-state index contributed by atoms with van der Waals surface area (Å²) in [5.41, 5.74) is 0. The standard InChI is InChI=1S/C13H12O3S2/c14-6-5-12(17)18-11-7-10(15)8-3-1-2-4-9(8)13(11)16/h1-4,6-7,12,15-17H,5H2. The highest BCUT2D eigenvalue weighted by molar-refractivity contribution is 8.10. The van der Waals surface area contributed by atoms with Gasteiger partial charge in [0.15, 0.2) is 0 Å². The maximum atomic E-state index is 10.4. The number of thiol groups is 1. The van der Waals surface area contributed by atoms with Crippen LogP contribution in [0.2, 0.25) is 0 Å². The Morgan fingerprint density at radius 3 is 2.61 bits per heavy atom. The van der Waals surface area contributed by atoms with Crippen LogP contribution >= 0.6 is 24.4 Å². The van der Waals surface area contributed by atoms with E-state index in [1.165, 1.54) is 17.8 Å². The summed E-state index contributed by atoms with van der Waals surface area (Å²) in [6, 6.07) is 8.56. The van der Waals surface area contributed by atoms with Gasteiger partial charge in [0.25, 0.3) is 0 Å². The van der Waals surface area contributed by atoms with E-state index in [2.05, 4.69) is 12.6 Å².